The lowest BCUT2D eigenvalue weighted by Gasteiger charge is -2.03. The van der Waals surface area contributed by atoms with E-state index in [1.165, 1.54) is 0 Å². The summed E-state index contributed by atoms with van der Waals surface area (Å²) in [5.74, 6) is 0. The van der Waals surface area contributed by atoms with Gasteiger partial charge in [-0.1, -0.05) is 30.9 Å². The summed E-state index contributed by atoms with van der Waals surface area (Å²) < 4.78 is 0. The SMILES string of the molecule is C=Cc1nn(C(/C=C\C)=C(C)/C=C\C)nc1/C=C\C. The summed E-state index contributed by atoms with van der Waals surface area (Å²) in [4.78, 5) is 1.65. The van der Waals surface area contributed by atoms with E-state index in [4.69, 9.17) is 0 Å². The molecule has 0 aliphatic rings. The van der Waals surface area contributed by atoms with Crippen LogP contribution in [0.25, 0.3) is 17.8 Å². The predicted octanol–water partition coefficient (Wildman–Crippen LogP) is 4.34. The van der Waals surface area contributed by atoms with E-state index >= 15 is 0 Å². The van der Waals surface area contributed by atoms with Crippen LogP contribution in [0, 0.1) is 0 Å². The third kappa shape index (κ3) is 3.65. The minimum atomic E-state index is 0.786. The van der Waals surface area contributed by atoms with Gasteiger partial charge in [-0.2, -0.15) is 4.80 Å². The van der Waals surface area contributed by atoms with Crippen molar-refractivity contribution in [3.05, 3.63) is 53.9 Å². The summed E-state index contributed by atoms with van der Waals surface area (Å²) in [5.41, 5.74) is 3.68. The van der Waals surface area contributed by atoms with Gasteiger partial charge in [0, 0.05) is 0 Å². The first kappa shape index (κ1) is 14.9. The molecule has 3 heteroatoms. The van der Waals surface area contributed by atoms with Crippen LogP contribution in [-0.2, 0) is 0 Å². The monoisotopic (exact) mass is 255 g/mol. The zero-order chi connectivity index (χ0) is 14.3. The van der Waals surface area contributed by atoms with Gasteiger partial charge in [-0.3, -0.25) is 0 Å². The van der Waals surface area contributed by atoms with Crippen molar-refractivity contribution in [1.82, 2.24) is 15.0 Å². The van der Waals surface area contributed by atoms with Crippen molar-refractivity contribution < 1.29 is 0 Å². The van der Waals surface area contributed by atoms with E-state index in [1.807, 2.05) is 64.2 Å². The highest BCUT2D eigenvalue weighted by molar-refractivity contribution is 5.64. The highest BCUT2D eigenvalue weighted by Crippen LogP contribution is 2.15. The van der Waals surface area contributed by atoms with Crippen LogP contribution in [0.2, 0.25) is 0 Å². The lowest BCUT2D eigenvalue weighted by molar-refractivity contribution is 0.769. The fourth-order valence-electron chi connectivity index (χ4n) is 1.71. The van der Waals surface area contributed by atoms with Crippen molar-refractivity contribution in [3.8, 4) is 0 Å². The topological polar surface area (TPSA) is 30.7 Å². The van der Waals surface area contributed by atoms with E-state index in [0.29, 0.717) is 0 Å². The molecule has 0 N–H and O–H groups in total. The maximum Gasteiger partial charge on any atom is 0.113 e. The summed E-state index contributed by atoms with van der Waals surface area (Å²) in [5, 5.41) is 8.96. The quantitative estimate of drug-likeness (QED) is 0.733. The minimum Gasteiger partial charge on any atom is -0.150 e. The molecular formula is C16H21N3. The van der Waals surface area contributed by atoms with Gasteiger partial charge in [0.15, 0.2) is 0 Å². The molecule has 0 saturated heterocycles. The van der Waals surface area contributed by atoms with Gasteiger partial charge in [-0.05, 0) is 51.5 Å². The minimum absolute atomic E-state index is 0.786. The van der Waals surface area contributed by atoms with Crippen LogP contribution in [0.5, 0.6) is 0 Å². The highest BCUT2D eigenvalue weighted by Gasteiger charge is 2.08. The average molecular weight is 255 g/mol. The average Bonchev–Trinajstić information content (AvgIpc) is 2.79. The number of allylic oxidation sites excluding steroid dienone is 7. The third-order valence-corrected chi connectivity index (χ3v) is 2.55. The van der Waals surface area contributed by atoms with Crippen molar-refractivity contribution in [2.75, 3.05) is 0 Å². The molecule has 0 fully saturated rings. The lowest BCUT2D eigenvalue weighted by Crippen LogP contribution is -2.02. The van der Waals surface area contributed by atoms with Crippen molar-refractivity contribution in [1.29, 1.82) is 0 Å². The fraction of sp³-hybridized carbons (Fsp3) is 0.250. The van der Waals surface area contributed by atoms with Gasteiger partial charge in [-0.25, -0.2) is 0 Å². The molecule has 19 heavy (non-hydrogen) atoms. The Morgan fingerprint density at radius 2 is 1.63 bits per heavy atom. The maximum absolute atomic E-state index is 4.50. The zero-order valence-corrected chi connectivity index (χ0v) is 12.1. The molecule has 1 heterocycles. The largest absolute Gasteiger partial charge is 0.150 e. The molecule has 1 aromatic heterocycles. The Kier molecular flexibility index (Phi) is 5.73. The summed E-state index contributed by atoms with van der Waals surface area (Å²) in [6.07, 6.45) is 13.6. The molecule has 0 amide bonds. The van der Waals surface area contributed by atoms with E-state index in [2.05, 4.69) is 16.8 Å². The lowest BCUT2D eigenvalue weighted by atomic mass is 10.2. The Morgan fingerprint density at radius 3 is 2.16 bits per heavy atom. The van der Waals surface area contributed by atoms with Crippen LogP contribution in [0.1, 0.15) is 39.1 Å². The second-order valence-corrected chi connectivity index (χ2v) is 4.03. The van der Waals surface area contributed by atoms with Gasteiger partial charge in [-0.15, -0.1) is 10.2 Å². The van der Waals surface area contributed by atoms with Crippen LogP contribution in [0.3, 0.4) is 0 Å². The molecule has 0 bridgehead atoms. The molecule has 1 rings (SSSR count). The van der Waals surface area contributed by atoms with E-state index in [1.54, 1.807) is 10.9 Å². The van der Waals surface area contributed by atoms with Crippen molar-refractivity contribution in [3.63, 3.8) is 0 Å². The predicted molar refractivity (Wildman–Crippen MR) is 83.3 cm³/mol. The van der Waals surface area contributed by atoms with E-state index in [9.17, 15) is 0 Å². The Balaban J connectivity index is 3.40. The van der Waals surface area contributed by atoms with Crippen molar-refractivity contribution in [2.24, 2.45) is 0 Å². The van der Waals surface area contributed by atoms with Crippen molar-refractivity contribution >= 4 is 17.8 Å². The molecule has 0 aliphatic heterocycles. The molecular weight excluding hydrogens is 234 g/mol. The van der Waals surface area contributed by atoms with E-state index in [0.717, 1.165) is 22.7 Å². The summed E-state index contributed by atoms with van der Waals surface area (Å²) in [6.45, 7) is 11.8. The summed E-state index contributed by atoms with van der Waals surface area (Å²) in [6, 6.07) is 0. The standard InChI is InChI=1S/C16H21N3/c1-6-10-13(5)16(12-8-3)19-17-14(9-4)15(18-19)11-7-2/h6-12H,4H2,1-3,5H3/b10-6-,11-7-,12-8-,16-13+. The number of hydrogen-bond donors (Lipinski definition) is 0. The van der Waals surface area contributed by atoms with Gasteiger partial charge in [0.05, 0.1) is 5.70 Å². The Morgan fingerprint density at radius 1 is 1.00 bits per heavy atom. The Labute approximate surface area is 115 Å². The van der Waals surface area contributed by atoms with Crippen LogP contribution in [0.15, 0.2) is 42.5 Å². The summed E-state index contributed by atoms with van der Waals surface area (Å²) >= 11 is 0. The molecule has 100 valence electrons. The molecule has 0 saturated carbocycles. The second kappa shape index (κ2) is 7.31. The Bertz CT molecular complexity index is 555. The molecule has 0 radical (unpaired) electrons. The van der Waals surface area contributed by atoms with Gasteiger partial charge in [0.2, 0.25) is 0 Å². The number of rotatable bonds is 5. The molecule has 0 aliphatic carbocycles. The first-order valence-corrected chi connectivity index (χ1v) is 6.37. The third-order valence-electron chi connectivity index (χ3n) is 2.55. The van der Waals surface area contributed by atoms with E-state index < -0.39 is 0 Å². The first-order valence-electron chi connectivity index (χ1n) is 6.37. The molecule has 1 aromatic rings. The van der Waals surface area contributed by atoms with Crippen molar-refractivity contribution in [2.45, 2.75) is 27.7 Å². The summed E-state index contributed by atoms with van der Waals surface area (Å²) in [7, 11) is 0. The highest BCUT2D eigenvalue weighted by atomic mass is 15.5. The molecule has 0 spiro atoms. The Hall–Kier alpha value is -2.16. The number of hydrogen-bond acceptors (Lipinski definition) is 2. The zero-order valence-electron chi connectivity index (χ0n) is 12.1. The fourth-order valence-corrected chi connectivity index (χ4v) is 1.71. The van der Waals surface area contributed by atoms with Gasteiger partial charge in [0.1, 0.15) is 11.4 Å². The smallest absolute Gasteiger partial charge is 0.113 e. The number of nitrogens with zero attached hydrogens (tertiary/aromatic N) is 3. The van der Waals surface area contributed by atoms with Crippen LogP contribution in [0.4, 0.5) is 0 Å². The molecule has 0 unspecified atom stereocenters. The van der Waals surface area contributed by atoms with Crippen LogP contribution < -0.4 is 0 Å². The number of aromatic nitrogens is 3. The normalized spacial score (nSPS) is 13.7. The second-order valence-electron chi connectivity index (χ2n) is 4.03. The van der Waals surface area contributed by atoms with Crippen LogP contribution in [-0.4, -0.2) is 15.0 Å². The van der Waals surface area contributed by atoms with E-state index in [-0.39, 0.29) is 0 Å². The van der Waals surface area contributed by atoms with Gasteiger partial charge in [0.25, 0.3) is 0 Å². The first-order chi connectivity index (χ1) is 9.17. The molecule has 0 atom stereocenters. The maximum atomic E-state index is 4.50. The van der Waals surface area contributed by atoms with Crippen LogP contribution >= 0.6 is 0 Å². The molecule has 0 aromatic carbocycles. The molecule has 3 nitrogen and oxygen atoms in total. The van der Waals surface area contributed by atoms with Gasteiger partial charge < -0.3 is 0 Å². The van der Waals surface area contributed by atoms with Gasteiger partial charge >= 0.3 is 0 Å².